The van der Waals surface area contributed by atoms with Crippen molar-refractivity contribution in [1.29, 1.82) is 0 Å². The normalized spacial score (nSPS) is 20.1. The van der Waals surface area contributed by atoms with Gasteiger partial charge in [0.25, 0.3) is 5.56 Å². The average molecular weight is 549 g/mol. The minimum Gasteiger partial charge on any atom is -0.493 e. The van der Waals surface area contributed by atoms with Crippen molar-refractivity contribution in [3.05, 3.63) is 79.7 Å². The van der Waals surface area contributed by atoms with Crippen LogP contribution in [0.1, 0.15) is 47.2 Å². The van der Waals surface area contributed by atoms with Crippen LogP contribution >= 0.6 is 11.6 Å². The molecule has 0 saturated carbocycles. The van der Waals surface area contributed by atoms with Crippen LogP contribution in [0.2, 0.25) is 5.02 Å². The molecule has 0 bridgehead atoms. The van der Waals surface area contributed by atoms with Gasteiger partial charge in [-0.25, -0.2) is 4.98 Å². The highest BCUT2D eigenvalue weighted by Crippen LogP contribution is 2.37. The average Bonchev–Trinajstić information content (AvgIpc) is 2.96. The maximum absolute atomic E-state index is 13.3. The van der Waals surface area contributed by atoms with Gasteiger partial charge >= 0.3 is 0 Å². The van der Waals surface area contributed by atoms with Gasteiger partial charge in [-0.1, -0.05) is 23.7 Å². The quantitative estimate of drug-likeness (QED) is 0.498. The zero-order valence-electron chi connectivity index (χ0n) is 22.3. The molecule has 3 aromatic rings. The summed E-state index contributed by atoms with van der Waals surface area (Å²) >= 11 is 6.16. The van der Waals surface area contributed by atoms with Crippen LogP contribution in [0.4, 0.5) is 5.95 Å². The van der Waals surface area contributed by atoms with E-state index in [0.717, 1.165) is 59.7 Å². The lowest BCUT2D eigenvalue weighted by molar-refractivity contribution is 0.0115. The molecule has 2 aromatic carbocycles. The lowest BCUT2D eigenvalue weighted by Crippen LogP contribution is -2.44. The second kappa shape index (κ2) is 10.3. The lowest BCUT2D eigenvalue weighted by Gasteiger charge is -2.39. The standard InChI is InChI=1S/C30H33ClN4O4/c1-38-25-15-18-8-11-32-27(22(18)17-26(25)39-2)19-6-7-24-23(14-19)28(36)34-29(33-24)35-12-9-30(37,10-13-35)20-4-3-5-21(31)16-20/h3-5,15-17,19,37H,6-14H2,1-2H3,(H,33,34,36). The molecule has 1 fully saturated rings. The summed E-state index contributed by atoms with van der Waals surface area (Å²) in [7, 11) is 3.29. The Kier molecular flexibility index (Phi) is 6.85. The summed E-state index contributed by atoms with van der Waals surface area (Å²) in [4.78, 5) is 28.2. The number of fused-ring (bicyclic) bond motifs is 2. The summed E-state index contributed by atoms with van der Waals surface area (Å²) in [6.07, 6.45) is 4.13. The number of aromatic amines is 1. The zero-order valence-corrected chi connectivity index (χ0v) is 23.1. The fraction of sp³-hybridized carbons (Fsp3) is 0.433. The zero-order chi connectivity index (χ0) is 27.1. The molecule has 6 rings (SSSR count). The number of methoxy groups -OCH3 is 2. The molecule has 1 unspecified atom stereocenters. The Hall–Kier alpha value is -3.36. The number of aliphatic imine (C=N–C) groups is 1. The molecule has 1 saturated heterocycles. The van der Waals surface area contributed by atoms with Crippen LogP contribution in [-0.2, 0) is 24.9 Å². The van der Waals surface area contributed by atoms with E-state index < -0.39 is 5.60 Å². The van der Waals surface area contributed by atoms with Gasteiger partial charge in [0, 0.05) is 47.4 Å². The third-order valence-corrected chi connectivity index (χ3v) is 8.69. The minimum atomic E-state index is -0.938. The van der Waals surface area contributed by atoms with Gasteiger partial charge in [-0.3, -0.25) is 14.8 Å². The Balaban J connectivity index is 1.20. The van der Waals surface area contributed by atoms with Crippen molar-refractivity contribution >= 4 is 23.3 Å². The molecule has 1 aromatic heterocycles. The van der Waals surface area contributed by atoms with Crippen molar-refractivity contribution in [1.82, 2.24) is 9.97 Å². The molecular formula is C30H33ClN4O4. The number of hydrogen-bond acceptors (Lipinski definition) is 7. The molecule has 8 nitrogen and oxygen atoms in total. The topological polar surface area (TPSA) is 100 Å². The summed E-state index contributed by atoms with van der Waals surface area (Å²) in [5.74, 6) is 2.15. The number of benzene rings is 2. The second-order valence-electron chi connectivity index (χ2n) is 10.7. The van der Waals surface area contributed by atoms with E-state index in [9.17, 15) is 9.90 Å². The minimum absolute atomic E-state index is 0.0840. The van der Waals surface area contributed by atoms with Crippen molar-refractivity contribution in [2.24, 2.45) is 10.9 Å². The van der Waals surface area contributed by atoms with Gasteiger partial charge in [0.15, 0.2) is 11.5 Å². The van der Waals surface area contributed by atoms with E-state index >= 15 is 0 Å². The molecule has 39 heavy (non-hydrogen) atoms. The number of nitrogens with one attached hydrogen (secondary N) is 1. The van der Waals surface area contributed by atoms with E-state index in [1.165, 1.54) is 5.56 Å². The highest BCUT2D eigenvalue weighted by molar-refractivity contribution is 6.30. The predicted octanol–water partition coefficient (Wildman–Crippen LogP) is 4.08. The molecule has 9 heteroatoms. The summed E-state index contributed by atoms with van der Waals surface area (Å²) in [6.45, 7) is 1.91. The van der Waals surface area contributed by atoms with Gasteiger partial charge in [0.2, 0.25) is 5.95 Å². The van der Waals surface area contributed by atoms with E-state index in [1.54, 1.807) is 14.2 Å². The first kappa shape index (κ1) is 25.9. The second-order valence-corrected chi connectivity index (χ2v) is 11.1. The molecule has 0 spiro atoms. The summed E-state index contributed by atoms with van der Waals surface area (Å²) < 4.78 is 11.1. The number of rotatable bonds is 5. The van der Waals surface area contributed by atoms with E-state index in [4.69, 9.17) is 31.1 Å². The van der Waals surface area contributed by atoms with Crippen LogP contribution in [0.3, 0.4) is 0 Å². The number of H-pyrrole nitrogens is 1. The first-order valence-corrected chi connectivity index (χ1v) is 13.9. The third-order valence-electron chi connectivity index (χ3n) is 8.46. The molecule has 3 aliphatic rings. The fourth-order valence-electron chi connectivity index (χ4n) is 6.24. The molecule has 2 N–H and O–H groups in total. The number of piperidine rings is 1. The first-order valence-electron chi connectivity index (χ1n) is 13.5. The molecule has 3 heterocycles. The number of halogens is 1. The largest absolute Gasteiger partial charge is 0.493 e. The van der Waals surface area contributed by atoms with Crippen LogP contribution in [0.15, 0.2) is 46.2 Å². The van der Waals surface area contributed by atoms with Crippen molar-refractivity contribution < 1.29 is 14.6 Å². The molecular weight excluding hydrogens is 516 g/mol. The van der Waals surface area contributed by atoms with Crippen molar-refractivity contribution in [2.75, 3.05) is 38.8 Å². The van der Waals surface area contributed by atoms with E-state index in [1.807, 2.05) is 36.4 Å². The maximum atomic E-state index is 13.3. The van der Waals surface area contributed by atoms with Gasteiger partial charge < -0.3 is 19.5 Å². The highest BCUT2D eigenvalue weighted by atomic mass is 35.5. The van der Waals surface area contributed by atoms with Gasteiger partial charge in [-0.05, 0) is 73.9 Å². The Bertz CT molecular complexity index is 1490. The molecule has 0 radical (unpaired) electrons. The Labute approximate surface area is 232 Å². The maximum Gasteiger partial charge on any atom is 0.255 e. The van der Waals surface area contributed by atoms with Gasteiger partial charge in [-0.2, -0.15) is 0 Å². The number of ether oxygens (including phenoxy) is 2. The Morgan fingerprint density at radius 1 is 1.10 bits per heavy atom. The lowest BCUT2D eigenvalue weighted by atomic mass is 9.79. The molecule has 204 valence electrons. The van der Waals surface area contributed by atoms with E-state index in [-0.39, 0.29) is 11.5 Å². The Morgan fingerprint density at radius 3 is 2.62 bits per heavy atom. The smallest absolute Gasteiger partial charge is 0.255 e. The summed E-state index contributed by atoms with van der Waals surface area (Å²) in [6, 6.07) is 11.5. The van der Waals surface area contributed by atoms with Gasteiger partial charge in [0.1, 0.15) is 0 Å². The number of anilines is 1. The highest BCUT2D eigenvalue weighted by Gasteiger charge is 2.36. The first-order chi connectivity index (χ1) is 18.9. The van der Waals surface area contributed by atoms with E-state index in [2.05, 4.69) is 9.88 Å². The molecule has 1 atom stereocenters. The fourth-order valence-corrected chi connectivity index (χ4v) is 6.43. The van der Waals surface area contributed by atoms with Crippen LogP contribution in [0, 0.1) is 5.92 Å². The van der Waals surface area contributed by atoms with Crippen LogP contribution in [0.25, 0.3) is 0 Å². The number of aromatic nitrogens is 2. The van der Waals surface area contributed by atoms with Crippen LogP contribution in [-0.4, -0.2) is 54.6 Å². The van der Waals surface area contributed by atoms with Crippen LogP contribution in [0.5, 0.6) is 11.5 Å². The van der Waals surface area contributed by atoms with Gasteiger partial charge in [-0.15, -0.1) is 0 Å². The van der Waals surface area contributed by atoms with E-state index in [0.29, 0.717) is 49.1 Å². The summed E-state index contributed by atoms with van der Waals surface area (Å²) in [5, 5.41) is 11.9. The van der Waals surface area contributed by atoms with Gasteiger partial charge in [0.05, 0.1) is 25.5 Å². The number of aryl methyl sites for hydroxylation is 1. The monoisotopic (exact) mass is 548 g/mol. The van der Waals surface area contributed by atoms with Crippen molar-refractivity contribution in [3.63, 3.8) is 0 Å². The number of hydrogen-bond donors (Lipinski definition) is 2. The summed E-state index contributed by atoms with van der Waals surface area (Å²) in [5.41, 5.74) is 4.76. The third kappa shape index (κ3) is 4.80. The Morgan fingerprint density at radius 2 is 1.87 bits per heavy atom. The SMILES string of the molecule is COc1cc2c(cc1OC)C(C1CCc3nc(N4CCC(O)(c5cccc(Cl)c5)CC4)[nH]c(=O)c3C1)=NCC2. The van der Waals surface area contributed by atoms with Crippen molar-refractivity contribution in [3.8, 4) is 11.5 Å². The van der Waals surface area contributed by atoms with Crippen molar-refractivity contribution in [2.45, 2.75) is 44.1 Å². The molecule has 0 amide bonds. The molecule has 2 aliphatic heterocycles. The number of aliphatic hydroxyl groups is 1. The molecule has 1 aliphatic carbocycles. The van der Waals surface area contributed by atoms with Crippen LogP contribution < -0.4 is 19.9 Å². The number of nitrogens with zero attached hydrogens (tertiary/aromatic N) is 3. The predicted molar refractivity (Wildman–Crippen MR) is 152 cm³/mol.